The normalized spacial score (nSPS) is 21.6. The summed E-state index contributed by atoms with van der Waals surface area (Å²) in [4.78, 5) is 0.265. The van der Waals surface area contributed by atoms with Gasteiger partial charge in [-0.15, -0.1) is 0 Å². The molecule has 1 aliphatic heterocycles. The van der Waals surface area contributed by atoms with Crippen LogP contribution in [0.15, 0.2) is 89.8 Å². The second kappa shape index (κ2) is 7.78. The zero-order chi connectivity index (χ0) is 21.4. The average molecular weight is 433 g/mol. The Labute approximate surface area is 182 Å². The molecule has 0 bridgehead atoms. The lowest BCUT2D eigenvalue weighted by molar-refractivity contribution is 0.415. The molecule has 2 N–H and O–H groups in total. The van der Waals surface area contributed by atoms with Crippen molar-refractivity contribution in [1.29, 1.82) is 0 Å². The Morgan fingerprint density at radius 1 is 1.00 bits per heavy atom. The molecule has 31 heavy (non-hydrogen) atoms. The van der Waals surface area contributed by atoms with Gasteiger partial charge in [0.1, 0.15) is 5.75 Å². The van der Waals surface area contributed by atoms with Crippen LogP contribution in [0.25, 0.3) is 0 Å². The van der Waals surface area contributed by atoms with Crippen molar-refractivity contribution in [1.82, 2.24) is 0 Å². The number of fused-ring (bicyclic) bond motifs is 3. The van der Waals surface area contributed by atoms with Crippen LogP contribution in [0.1, 0.15) is 29.5 Å². The predicted octanol–water partition coefficient (Wildman–Crippen LogP) is 5.32. The van der Waals surface area contributed by atoms with Gasteiger partial charge in [-0.2, -0.15) is 0 Å². The summed E-state index contributed by atoms with van der Waals surface area (Å²) in [5.41, 5.74) is 3.78. The highest BCUT2D eigenvalue weighted by Gasteiger charge is 2.38. The smallest absolute Gasteiger partial charge is 0.261 e. The fourth-order valence-corrected chi connectivity index (χ4v) is 5.70. The molecule has 3 aromatic rings. The van der Waals surface area contributed by atoms with Gasteiger partial charge < -0.3 is 10.1 Å². The first-order chi connectivity index (χ1) is 15.0. The van der Waals surface area contributed by atoms with Crippen LogP contribution in [0.4, 0.5) is 11.4 Å². The third kappa shape index (κ3) is 3.68. The molecule has 0 fully saturated rings. The minimum absolute atomic E-state index is 0.192. The zero-order valence-corrected chi connectivity index (χ0v) is 18.0. The lowest BCUT2D eigenvalue weighted by Crippen LogP contribution is -2.29. The van der Waals surface area contributed by atoms with Crippen LogP contribution in [0, 0.1) is 5.92 Å². The fourth-order valence-electron chi connectivity index (χ4n) is 4.60. The van der Waals surface area contributed by atoms with Crippen molar-refractivity contribution in [2.75, 3.05) is 17.1 Å². The van der Waals surface area contributed by atoms with Crippen molar-refractivity contribution in [3.63, 3.8) is 0 Å². The Kier molecular flexibility index (Phi) is 4.94. The Morgan fingerprint density at radius 3 is 2.52 bits per heavy atom. The molecule has 5 nitrogen and oxygen atoms in total. The Hall–Kier alpha value is -3.25. The van der Waals surface area contributed by atoms with Crippen LogP contribution >= 0.6 is 0 Å². The van der Waals surface area contributed by atoms with Crippen LogP contribution < -0.4 is 14.8 Å². The number of ether oxygens (including phenoxy) is 1. The highest BCUT2D eigenvalue weighted by Crippen LogP contribution is 2.50. The average Bonchev–Trinajstić information content (AvgIpc) is 3.29. The van der Waals surface area contributed by atoms with Crippen molar-refractivity contribution in [2.24, 2.45) is 5.92 Å². The van der Waals surface area contributed by atoms with Crippen molar-refractivity contribution >= 4 is 21.4 Å². The molecule has 5 rings (SSSR count). The summed E-state index contributed by atoms with van der Waals surface area (Å²) in [5.74, 6) is 1.23. The quantitative estimate of drug-likeness (QED) is 0.535. The summed E-state index contributed by atoms with van der Waals surface area (Å²) < 4.78 is 33.9. The molecule has 3 atom stereocenters. The maximum atomic E-state index is 13.0. The number of rotatable bonds is 5. The van der Waals surface area contributed by atoms with E-state index in [0.717, 1.165) is 17.7 Å². The fraction of sp³-hybridized carbons (Fsp3) is 0.200. The minimum Gasteiger partial charge on any atom is -0.497 e. The maximum absolute atomic E-state index is 13.0. The van der Waals surface area contributed by atoms with E-state index in [0.29, 0.717) is 17.4 Å². The molecule has 0 radical (unpaired) electrons. The van der Waals surface area contributed by atoms with Gasteiger partial charge in [-0.05, 0) is 65.9 Å². The van der Waals surface area contributed by atoms with Crippen molar-refractivity contribution in [3.8, 4) is 5.75 Å². The summed E-state index contributed by atoms with van der Waals surface area (Å²) >= 11 is 0. The Bertz CT molecular complexity index is 1220. The minimum atomic E-state index is -3.70. The topological polar surface area (TPSA) is 67.4 Å². The molecule has 2 aliphatic rings. The van der Waals surface area contributed by atoms with E-state index >= 15 is 0 Å². The van der Waals surface area contributed by atoms with Gasteiger partial charge in [0.05, 0.1) is 18.0 Å². The second-order valence-electron chi connectivity index (χ2n) is 7.97. The lowest BCUT2D eigenvalue weighted by atomic mass is 9.77. The summed E-state index contributed by atoms with van der Waals surface area (Å²) in [6.07, 6.45) is 5.39. The summed E-state index contributed by atoms with van der Waals surface area (Å²) in [5, 5.41) is 3.66. The largest absolute Gasteiger partial charge is 0.497 e. The van der Waals surface area contributed by atoms with E-state index in [4.69, 9.17) is 4.74 Å². The number of nitrogens with one attached hydrogen (secondary N) is 2. The SMILES string of the molecule is COc1ccc(NS(=O)(=O)c2ccc3c(c2)[C@@H]2C=CC[C@@H]2[C@@H](c2ccccc2)N3)cc1. The van der Waals surface area contributed by atoms with Crippen LogP contribution in [-0.4, -0.2) is 15.5 Å². The molecule has 0 spiro atoms. The van der Waals surface area contributed by atoms with Gasteiger partial charge in [0, 0.05) is 17.3 Å². The van der Waals surface area contributed by atoms with Crippen molar-refractivity contribution in [3.05, 3.63) is 96.1 Å². The molecule has 0 saturated heterocycles. The summed E-state index contributed by atoms with van der Waals surface area (Å²) in [7, 11) is -2.13. The van der Waals surface area contributed by atoms with Crippen LogP contribution in [0.3, 0.4) is 0 Å². The third-order valence-electron chi connectivity index (χ3n) is 6.15. The van der Waals surface area contributed by atoms with E-state index in [2.05, 4.69) is 46.5 Å². The van der Waals surface area contributed by atoms with Crippen LogP contribution in [0.5, 0.6) is 5.75 Å². The van der Waals surface area contributed by atoms with Crippen molar-refractivity contribution < 1.29 is 13.2 Å². The summed E-state index contributed by atoms with van der Waals surface area (Å²) in [6.45, 7) is 0. The second-order valence-corrected chi connectivity index (χ2v) is 9.65. The van der Waals surface area contributed by atoms with Gasteiger partial charge in [-0.25, -0.2) is 8.42 Å². The molecular formula is C25H24N2O3S. The highest BCUT2D eigenvalue weighted by molar-refractivity contribution is 7.92. The molecule has 1 aliphatic carbocycles. The molecule has 0 saturated carbocycles. The third-order valence-corrected chi connectivity index (χ3v) is 7.52. The van der Waals surface area contributed by atoms with E-state index in [1.54, 1.807) is 37.4 Å². The molecule has 0 unspecified atom stereocenters. The molecule has 0 amide bonds. The first-order valence-electron chi connectivity index (χ1n) is 10.3. The highest BCUT2D eigenvalue weighted by atomic mass is 32.2. The maximum Gasteiger partial charge on any atom is 0.261 e. The van der Waals surface area contributed by atoms with E-state index < -0.39 is 10.0 Å². The van der Waals surface area contributed by atoms with E-state index in [1.165, 1.54) is 5.56 Å². The van der Waals surface area contributed by atoms with Gasteiger partial charge in [0.25, 0.3) is 10.0 Å². The molecular weight excluding hydrogens is 408 g/mol. The van der Waals surface area contributed by atoms with E-state index in [-0.39, 0.29) is 16.9 Å². The molecule has 3 aromatic carbocycles. The Balaban J connectivity index is 1.46. The standard InChI is InChI=1S/C25H24N2O3S/c1-30-19-12-10-18(11-13-19)27-31(28,29)20-14-15-24-23(16-20)21-8-5-9-22(21)25(26-24)17-6-3-2-4-7-17/h2-8,10-16,21-22,25-27H,9H2,1H3/t21-,22+,25-/m1/s1. The van der Waals surface area contributed by atoms with Gasteiger partial charge in [-0.3, -0.25) is 4.72 Å². The summed E-state index contributed by atoms with van der Waals surface area (Å²) in [6, 6.07) is 22.8. The number of methoxy groups -OCH3 is 1. The number of benzene rings is 3. The van der Waals surface area contributed by atoms with Gasteiger partial charge >= 0.3 is 0 Å². The molecule has 158 valence electrons. The Morgan fingerprint density at radius 2 is 1.77 bits per heavy atom. The number of anilines is 2. The van der Waals surface area contributed by atoms with E-state index in [1.807, 2.05) is 18.2 Å². The van der Waals surface area contributed by atoms with Gasteiger partial charge in [0.15, 0.2) is 0 Å². The first-order valence-corrected chi connectivity index (χ1v) is 11.8. The number of sulfonamides is 1. The lowest BCUT2D eigenvalue weighted by Gasteiger charge is -2.37. The van der Waals surface area contributed by atoms with Crippen LogP contribution in [-0.2, 0) is 10.0 Å². The molecule has 1 heterocycles. The van der Waals surface area contributed by atoms with Gasteiger partial charge in [-0.1, -0.05) is 42.5 Å². The number of hydrogen-bond donors (Lipinski definition) is 2. The monoisotopic (exact) mass is 432 g/mol. The van der Waals surface area contributed by atoms with Gasteiger partial charge in [0.2, 0.25) is 0 Å². The van der Waals surface area contributed by atoms with Crippen LogP contribution in [0.2, 0.25) is 0 Å². The first kappa shape index (κ1) is 19.7. The molecule has 0 aromatic heterocycles. The predicted molar refractivity (Wildman–Crippen MR) is 123 cm³/mol. The van der Waals surface area contributed by atoms with E-state index in [9.17, 15) is 8.42 Å². The number of hydrogen-bond acceptors (Lipinski definition) is 4. The van der Waals surface area contributed by atoms with Crippen molar-refractivity contribution in [2.45, 2.75) is 23.3 Å². The molecule has 6 heteroatoms. The number of allylic oxidation sites excluding steroid dienone is 2. The zero-order valence-electron chi connectivity index (χ0n) is 17.2.